The van der Waals surface area contributed by atoms with Gasteiger partial charge in [-0.05, 0) is 150 Å². The van der Waals surface area contributed by atoms with Crippen molar-refractivity contribution >= 4 is 87.8 Å². The third-order valence-corrected chi connectivity index (χ3v) is 20.4. The van der Waals surface area contributed by atoms with E-state index in [-0.39, 0.29) is 91.5 Å². The van der Waals surface area contributed by atoms with Crippen LogP contribution in [0.3, 0.4) is 0 Å². The minimum absolute atomic E-state index is 0. The van der Waals surface area contributed by atoms with Crippen molar-refractivity contribution in [1.29, 1.82) is 0 Å². The second-order valence-electron chi connectivity index (χ2n) is 29.0. The summed E-state index contributed by atoms with van der Waals surface area (Å²) in [6.45, 7) is -0.187. The molecule has 652 valence electrons. The first-order valence-electron chi connectivity index (χ1n) is 44.2. The molecular weight excluding hydrogens is 2340 g/mol. The number of pyridine rings is 8. The third-order valence-electron chi connectivity index (χ3n) is 20.4. The smallest absolute Gasteiger partial charge is 0.123 e. The molecule has 4 radical (unpaired) electrons. The van der Waals surface area contributed by atoms with Crippen LogP contribution in [0.25, 0.3) is 178 Å². The first-order chi connectivity index (χ1) is 65.6. The van der Waals surface area contributed by atoms with Gasteiger partial charge in [-0.15, -0.1) is 216 Å². The fourth-order valence-electron chi connectivity index (χ4n) is 14.3. The number of hydrogen-bond donors (Lipinski definition) is 0. The maximum absolute atomic E-state index is 7.55. The number of para-hydroxylation sites is 3. The van der Waals surface area contributed by atoms with Crippen LogP contribution in [0.4, 0.5) is 0 Å². The first-order valence-corrected chi connectivity index (χ1v) is 41.2. The fourth-order valence-corrected chi connectivity index (χ4v) is 14.3. The first kappa shape index (κ1) is 87.0. The molecule has 0 saturated heterocycles. The number of aryl methyl sites for hydroxylation is 4. The van der Waals surface area contributed by atoms with Crippen LogP contribution in [-0.2, 0) is 80.4 Å². The molecule has 0 spiro atoms. The number of hydrogen-bond acceptors (Lipinski definition) is 12. The van der Waals surface area contributed by atoms with E-state index >= 15 is 0 Å². The summed E-state index contributed by atoms with van der Waals surface area (Å²) in [5.41, 5.74) is 23.6. The zero-order valence-electron chi connectivity index (χ0n) is 76.8. The molecule has 0 aliphatic heterocycles. The van der Waals surface area contributed by atoms with E-state index in [2.05, 4.69) is 139 Å². The van der Waals surface area contributed by atoms with Gasteiger partial charge in [0.15, 0.2) is 0 Å². The van der Waals surface area contributed by atoms with Gasteiger partial charge in [0.2, 0.25) is 0 Å². The van der Waals surface area contributed by atoms with E-state index in [9.17, 15) is 0 Å². The minimum Gasteiger partial charge on any atom is -0.501 e. The summed E-state index contributed by atoms with van der Waals surface area (Å²) in [5, 5.41) is 8.53. The van der Waals surface area contributed by atoms with Crippen molar-refractivity contribution in [2.24, 2.45) is 0 Å². The average molecular weight is 2420 g/mol. The van der Waals surface area contributed by atoms with E-state index in [4.69, 9.17) is 25.9 Å². The molecule has 0 amide bonds. The van der Waals surface area contributed by atoms with Crippen LogP contribution in [0.2, 0.25) is 0 Å². The van der Waals surface area contributed by atoms with Crippen LogP contribution < -0.4 is 0 Å². The Balaban J connectivity index is 0.000000134. The van der Waals surface area contributed by atoms with Gasteiger partial charge < -0.3 is 57.5 Å². The van der Waals surface area contributed by atoms with Crippen LogP contribution >= 0.6 is 0 Å². The van der Waals surface area contributed by atoms with Crippen molar-refractivity contribution in [3.05, 3.63) is 484 Å². The zero-order valence-corrected chi connectivity index (χ0v) is 80.4. The summed E-state index contributed by atoms with van der Waals surface area (Å²) in [6.07, 6.45) is 13.6. The van der Waals surface area contributed by atoms with Crippen molar-refractivity contribution in [2.45, 2.75) is 27.6 Å². The van der Waals surface area contributed by atoms with Gasteiger partial charge in [0, 0.05) is 160 Å². The Bertz CT molecular complexity index is 7520. The molecule has 0 bridgehead atoms. The number of fused-ring (bicyclic) bond motifs is 12. The topological polar surface area (TPSA) is 156 Å². The van der Waals surface area contributed by atoms with Crippen LogP contribution in [0.5, 0.6) is 0 Å². The predicted molar refractivity (Wildman–Crippen MR) is 516 cm³/mol. The molecule has 0 aliphatic carbocycles. The summed E-state index contributed by atoms with van der Waals surface area (Å²) >= 11 is 0. The number of furan rings is 4. The Morgan fingerprint density at radius 1 is 0.212 bits per heavy atom. The van der Waals surface area contributed by atoms with Crippen molar-refractivity contribution in [1.82, 2.24) is 39.9 Å². The number of benzene rings is 12. The second-order valence-corrected chi connectivity index (χ2v) is 29.0. The summed E-state index contributed by atoms with van der Waals surface area (Å²) in [4.78, 5) is 34.3. The molecule has 12 heterocycles. The van der Waals surface area contributed by atoms with Crippen LogP contribution in [0.1, 0.15) is 30.5 Å². The quantitative estimate of drug-likeness (QED) is 0.133. The van der Waals surface area contributed by atoms with Gasteiger partial charge in [-0.3, -0.25) is 0 Å². The Morgan fingerprint density at radius 2 is 0.538 bits per heavy atom. The minimum atomic E-state index is -2.17. The fraction of sp³-hybridized carbons (Fsp3) is 0.0345. The molecule has 24 aromatic rings. The molecule has 12 aromatic carbocycles. The SMILES string of the molecule is Cc1ccc2c(c1)oc1c(-c3ccccn3)[c-]ccc12.Cc1cccc2c1oc1c(-c3ccccn3)[c-]ccc12.[2H]C([2H])([2H])c1ccc(-c2[c-]ccc3c2oc2ccccc23)nc1.[2H]C([2H])([2H])c1ccnc(-c2[c-]ccc3c2oc2ccccc23)c1.[Ir].[Ir].[Ir].[Ir].[c-]1ccccc1-c1ccccn1.[c-]1ccccc1-c1ccccn1.[c-]1ccccc1-c1ccccn1.[c-]1ccccc1-c1ccccn1. The van der Waals surface area contributed by atoms with Gasteiger partial charge in [0.05, 0.1) is 22.3 Å². The van der Waals surface area contributed by atoms with Gasteiger partial charge >= 0.3 is 0 Å². The maximum atomic E-state index is 7.55. The Hall–Kier alpha value is -14.4. The largest absolute Gasteiger partial charge is 0.501 e. The van der Waals surface area contributed by atoms with Crippen molar-refractivity contribution in [2.75, 3.05) is 0 Å². The van der Waals surface area contributed by atoms with E-state index in [0.29, 0.717) is 28.1 Å². The molecule has 16 heteroatoms. The van der Waals surface area contributed by atoms with Crippen LogP contribution in [0, 0.1) is 76.1 Å². The van der Waals surface area contributed by atoms with E-state index in [1.165, 1.54) is 24.0 Å². The molecule has 0 fully saturated rings. The standard InChI is InChI=1S/4C18H12NO.4C11H8N.4Ir/c1-12-6-4-7-13-14-8-5-9-15(18(14)20-17(12)13)16-10-2-3-11-19-16;1-12-8-9-13-14-5-4-6-15(16-7-2-3-10-19-16)18(14)20-17(13)11-12;1-12-9-10-19-16(11-12)15-7-4-6-14-13-5-2-3-8-17(13)20-18(14)15;1-12-9-10-16(19-11-12)15-7-4-6-14-13-5-2-3-8-17(13)20-18(14)15;4*1-2-6-10(7-3-1)11-8-4-5-9-12-11;;;;/h2-8,10-11H,1H3;2-5,7-11H,1H3;2*2-6,8-11H,1H3;4*1-6,8-9H;;;;/q8*-1;;;;/i;;2*1D3;;;;;;;;. The Kier molecular flexibility index (Phi) is 31.2. The van der Waals surface area contributed by atoms with E-state index in [1.807, 2.05) is 303 Å². The number of aromatic nitrogens is 8. The molecular formula is C116H80Ir4N8O4-8. The number of rotatable bonds is 8. The van der Waals surface area contributed by atoms with Gasteiger partial charge in [-0.2, -0.15) is 0 Å². The van der Waals surface area contributed by atoms with Crippen molar-refractivity contribution in [3.8, 4) is 90.1 Å². The Morgan fingerprint density at radius 3 is 0.917 bits per heavy atom. The van der Waals surface area contributed by atoms with Crippen LogP contribution in [-0.4, -0.2) is 39.9 Å². The molecule has 12 nitrogen and oxygen atoms in total. The van der Waals surface area contributed by atoms with Crippen molar-refractivity contribution in [3.63, 3.8) is 0 Å². The van der Waals surface area contributed by atoms with Gasteiger partial charge in [0.1, 0.15) is 22.3 Å². The molecule has 12 aromatic heterocycles. The predicted octanol–water partition coefficient (Wildman–Crippen LogP) is 29.2. The summed E-state index contributed by atoms with van der Waals surface area (Å²) in [5.74, 6) is 0. The summed E-state index contributed by atoms with van der Waals surface area (Å²) < 4.78 is 69.0. The molecule has 24 rings (SSSR count). The normalized spacial score (nSPS) is 11.2. The molecule has 0 N–H and O–H groups in total. The molecule has 132 heavy (non-hydrogen) atoms. The molecule has 0 atom stereocenters. The maximum Gasteiger partial charge on any atom is 0.123 e. The average Bonchev–Trinajstić information content (AvgIpc) is 1.62. The van der Waals surface area contributed by atoms with Crippen molar-refractivity contribution < 1.29 is 106 Å². The van der Waals surface area contributed by atoms with Crippen LogP contribution in [0.15, 0.2) is 431 Å². The van der Waals surface area contributed by atoms with E-state index in [0.717, 1.165) is 155 Å². The molecule has 0 aliphatic rings. The van der Waals surface area contributed by atoms with Gasteiger partial charge in [0.25, 0.3) is 0 Å². The monoisotopic (exact) mass is 2430 g/mol. The summed E-state index contributed by atoms with van der Waals surface area (Å²) in [6, 6.07) is 142. The van der Waals surface area contributed by atoms with E-state index < -0.39 is 13.7 Å². The zero-order chi connectivity index (χ0) is 92.0. The third kappa shape index (κ3) is 23.4. The molecule has 0 saturated carbocycles. The molecule has 0 unspecified atom stereocenters. The van der Waals surface area contributed by atoms with E-state index in [1.54, 1.807) is 55.4 Å². The Labute approximate surface area is 829 Å². The number of nitrogens with zero attached hydrogens (tertiary/aromatic N) is 8. The van der Waals surface area contributed by atoms with Gasteiger partial charge in [-0.25, -0.2) is 0 Å². The summed E-state index contributed by atoms with van der Waals surface area (Å²) in [7, 11) is 0. The second kappa shape index (κ2) is 47.3. The van der Waals surface area contributed by atoms with Gasteiger partial charge in [-0.1, -0.05) is 207 Å².